The van der Waals surface area contributed by atoms with Gasteiger partial charge in [-0.05, 0) is 48.0 Å². The van der Waals surface area contributed by atoms with E-state index in [1.807, 2.05) is 42.6 Å². The van der Waals surface area contributed by atoms with Crippen LogP contribution in [0, 0.1) is 0 Å². The predicted octanol–water partition coefficient (Wildman–Crippen LogP) is 5.30. The van der Waals surface area contributed by atoms with Gasteiger partial charge < -0.3 is 14.8 Å². The number of rotatable bonds is 4. The Hall–Kier alpha value is -3.53. The first-order chi connectivity index (χ1) is 12.7. The van der Waals surface area contributed by atoms with Gasteiger partial charge in [-0.25, -0.2) is 0 Å². The molecule has 26 heavy (non-hydrogen) atoms. The molecule has 4 nitrogen and oxygen atoms in total. The molecule has 0 fully saturated rings. The lowest BCUT2D eigenvalue weighted by atomic mass is 10.1. The number of methoxy groups -OCH3 is 1. The number of nitrogens with one attached hydrogen (secondary N) is 1. The molecule has 0 saturated heterocycles. The standard InChI is InChI=1S/C22H18N2O2/c1-26-18-11-12-21-19(13-18)20(14-23-16-7-9-17(25)10-8-16)22(24-21)15-5-3-2-4-6-15/h2-14,24-25H,1H3. The van der Waals surface area contributed by atoms with Crippen molar-refractivity contribution >= 4 is 22.8 Å². The summed E-state index contributed by atoms with van der Waals surface area (Å²) in [5.41, 5.74) is 4.90. The van der Waals surface area contributed by atoms with Crippen molar-refractivity contribution in [1.82, 2.24) is 4.98 Å². The van der Waals surface area contributed by atoms with Gasteiger partial charge in [0.25, 0.3) is 0 Å². The van der Waals surface area contributed by atoms with Crippen LogP contribution in [0.5, 0.6) is 11.5 Å². The quantitative estimate of drug-likeness (QED) is 0.494. The molecule has 4 heteroatoms. The number of phenols is 1. The number of aliphatic imine (C=N–C) groups is 1. The van der Waals surface area contributed by atoms with Gasteiger partial charge in [-0.2, -0.15) is 0 Å². The van der Waals surface area contributed by atoms with Gasteiger partial charge in [0.05, 0.1) is 18.5 Å². The molecule has 3 aromatic carbocycles. The van der Waals surface area contributed by atoms with Crippen LogP contribution in [0.4, 0.5) is 5.69 Å². The van der Waals surface area contributed by atoms with E-state index in [1.54, 1.807) is 31.4 Å². The lowest BCUT2D eigenvalue weighted by Gasteiger charge is -2.02. The van der Waals surface area contributed by atoms with Crippen molar-refractivity contribution in [3.63, 3.8) is 0 Å². The van der Waals surface area contributed by atoms with Gasteiger partial charge in [0, 0.05) is 22.7 Å². The van der Waals surface area contributed by atoms with Crippen LogP contribution in [0.15, 0.2) is 77.8 Å². The van der Waals surface area contributed by atoms with Gasteiger partial charge in [-0.1, -0.05) is 30.3 Å². The Morgan fingerprint density at radius 2 is 1.73 bits per heavy atom. The highest BCUT2D eigenvalue weighted by molar-refractivity contribution is 6.06. The highest BCUT2D eigenvalue weighted by atomic mass is 16.5. The SMILES string of the molecule is COc1ccc2[nH]c(-c3ccccc3)c(C=Nc3ccc(O)cc3)c2c1. The van der Waals surface area contributed by atoms with Crippen LogP contribution in [0.25, 0.3) is 22.2 Å². The Morgan fingerprint density at radius 1 is 0.962 bits per heavy atom. The topological polar surface area (TPSA) is 57.6 Å². The van der Waals surface area contributed by atoms with E-state index < -0.39 is 0 Å². The van der Waals surface area contributed by atoms with Crippen LogP contribution in [-0.4, -0.2) is 23.4 Å². The summed E-state index contributed by atoms with van der Waals surface area (Å²) in [6.45, 7) is 0. The number of hydrogen-bond acceptors (Lipinski definition) is 3. The number of phenolic OH excluding ortho intramolecular Hbond substituents is 1. The summed E-state index contributed by atoms with van der Waals surface area (Å²) in [4.78, 5) is 8.08. The fourth-order valence-electron chi connectivity index (χ4n) is 2.96. The third-order valence-electron chi connectivity index (χ3n) is 4.30. The third kappa shape index (κ3) is 3.05. The molecule has 0 unspecified atom stereocenters. The first-order valence-electron chi connectivity index (χ1n) is 8.33. The zero-order chi connectivity index (χ0) is 17.9. The van der Waals surface area contributed by atoms with Gasteiger partial charge in [0.15, 0.2) is 0 Å². The Labute approximate surface area is 151 Å². The summed E-state index contributed by atoms with van der Waals surface area (Å²) in [5.74, 6) is 1.03. The van der Waals surface area contributed by atoms with Crippen molar-refractivity contribution in [1.29, 1.82) is 0 Å². The molecule has 0 aliphatic rings. The maximum absolute atomic E-state index is 9.43. The van der Waals surface area contributed by atoms with Gasteiger partial charge in [-0.15, -0.1) is 0 Å². The predicted molar refractivity (Wildman–Crippen MR) is 106 cm³/mol. The highest BCUT2D eigenvalue weighted by Gasteiger charge is 2.12. The Bertz CT molecular complexity index is 1060. The molecule has 0 bridgehead atoms. The first kappa shape index (κ1) is 16.0. The number of ether oxygens (including phenoxy) is 1. The average Bonchev–Trinajstić information content (AvgIpc) is 3.06. The zero-order valence-electron chi connectivity index (χ0n) is 14.3. The molecule has 0 amide bonds. The smallest absolute Gasteiger partial charge is 0.119 e. The molecule has 4 aromatic rings. The van der Waals surface area contributed by atoms with E-state index >= 15 is 0 Å². The van der Waals surface area contributed by atoms with E-state index in [2.05, 4.69) is 22.1 Å². The summed E-state index contributed by atoms with van der Waals surface area (Å²) in [5, 5.41) is 10.5. The number of aromatic hydroxyl groups is 1. The molecule has 0 aliphatic carbocycles. The van der Waals surface area contributed by atoms with E-state index in [-0.39, 0.29) is 5.75 Å². The van der Waals surface area contributed by atoms with Crippen LogP contribution in [0.1, 0.15) is 5.56 Å². The second kappa shape index (κ2) is 6.76. The minimum atomic E-state index is 0.228. The second-order valence-corrected chi connectivity index (χ2v) is 5.97. The van der Waals surface area contributed by atoms with Crippen molar-refractivity contribution in [2.45, 2.75) is 0 Å². The molecule has 0 spiro atoms. The molecule has 4 rings (SSSR count). The lowest BCUT2D eigenvalue weighted by molar-refractivity contribution is 0.415. The molecular formula is C22H18N2O2. The number of aromatic amines is 1. The Morgan fingerprint density at radius 3 is 2.46 bits per heavy atom. The molecule has 0 radical (unpaired) electrons. The van der Waals surface area contributed by atoms with Crippen LogP contribution < -0.4 is 4.74 Å². The monoisotopic (exact) mass is 342 g/mol. The van der Waals surface area contributed by atoms with Crippen LogP contribution in [0.2, 0.25) is 0 Å². The normalized spacial score (nSPS) is 11.3. The van der Waals surface area contributed by atoms with E-state index in [4.69, 9.17) is 4.74 Å². The largest absolute Gasteiger partial charge is 0.508 e. The Kier molecular flexibility index (Phi) is 4.15. The van der Waals surface area contributed by atoms with E-state index in [1.165, 1.54) is 0 Å². The molecule has 0 saturated carbocycles. The maximum Gasteiger partial charge on any atom is 0.119 e. The molecular weight excluding hydrogens is 324 g/mol. The van der Waals surface area contributed by atoms with Crippen molar-refractivity contribution in [3.8, 4) is 22.8 Å². The van der Waals surface area contributed by atoms with Crippen molar-refractivity contribution in [3.05, 3.63) is 78.4 Å². The van der Waals surface area contributed by atoms with E-state index in [0.717, 1.165) is 39.2 Å². The van der Waals surface area contributed by atoms with Crippen molar-refractivity contribution in [2.24, 2.45) is 4.99 Å². The maximum atomic E-state index is 9.43. The zero-order valence-corrected chi connectivity index (χ0v) is 14.3. The molecule has 128 valence electrons. The fourth-order valence-corrected chi connectivity index (χ4v) is 2.96. The highest BCUT2D eigenvalue weighted by Crippen LogP contribution is 2.32. The summed E-state index contributed by atoms with van der Waals surface area (Å²) < 4.78 is 5.38. The summed E-state index contributed by atoms with van der Waals surface area (Å²) >= 11 is 0. The minimum absolute atomic E-state index is 0.228. The van der Waals surface area contributed by atoms with E-state index in [0.29, 0.717) is 0 Å². The summed E-state index contributed by atoms with van der Waals surface area (Å²) in [6.07, 6.45) is 1.85. The number of H-pyrrole nitrogens is 1. The number of hydrogen-bond donors (Lipinski definition) is 2. The number of nitrogens with zero attached hydrogens (tertiary/aromatic N) is 1. The number of aromatic nitrogens is 1. The molecule has 1 heterocycles. The average molecular weight is 342 g/mol. The fraction of sp³-hybridized carbons (Fsp3) is 0.0455. The third-order valence-corrected chi connectivity index (χ3v) is 4.30. The molecule has 0 aliphatic heterocycles. The van der Waals surface area contributed by atoms with E-state index in [9.17, 15) is 5.11 Å². The lowest BCUT2D eigenvalue weighted by Crippen LogP contribution is -1.86. The van der Waals surface area contributed by atoms with Crippen molar-refractivity contribution < 1.29 is 9.84 Å². The molecule has 1 aromatic heterocycles. The molecule has 2 N–H and O–H groups in total. The minimum Gasteiger partial charge on any atom is -0.508 e. The number of benzene rings is 3. The van der Waals surface area contributed by atoms with Crippen molar-refractivity contribution in [2.75, 3.05) is 7.11 Å². The van der Waals surface area contributed by atoms with Gasteiger partial charge in [-0.3, -0.25) is 4.99 Å². The van der Waals surface area contributed by atoms with Crippen LogP contribution in [-0.2, 0) is 0 Å². The molecule has 0 atom stereocenters. The first-order valence-corrected chi connectivity index (χ1v) is 8.33. The van der Waals surface area contributed by atoms with Crippen LogP contribution >= 0.6 is 0 Å². The summed E-state index contributed by atoms with van der Waals surface area (Å²) in [7, 11) is 1.66. The number of fused-ring (bicyclic) bond motifs is 1. The van der Waals surface area contributed by atoms with Gasteiger partial charge in [0.1, 0.15) is 11.5 Å². The van der Waals surface area contributed by atoms with Gasteiger partial charge >= 0.3 is 0 Å². The van der Waals surface area contributed by atoms with Gasteiger partial charge in [0.2, 0.25) is 0 Å². The van der Waals surface area contributed by atoms with Crippen LogP contribution in [0.3, 0.4) is 0 Å². The summed E-state index contributed by atoms with van der Waals surface area (Å²) in [6, 6.07) is 23.0. The second-order valence-electron chi connectivity index (χ2n) is 5.97. The Balaban J connectivity index is 1.87.